The molecule has 2 aliphatic rings. The smallest absolute Gasteiger partial charge is 0.0619 e. The van der Waals surface area contributed by atoms with Gasteiger partial charge in [-0.25, -0.2) is 0 Å². The van der Waals surface area contributed by atoms with Crippen LogP contribution in [0.3, 0.4) is 0 Å². The molecule has 0 atom stereocenters. The molecular weight excluding hydrogens is 336 g/mol. The third-order valence-corrected chi connectivity index (χ3v) is 6.66. The van der Waals surface area contributed by atoms with E-state index in [4.69, 9.17) is 0 Å². The Morgan fingerprint density at radius 3 is 1.50 bits per heavy atom. The van der Waals surface area contributed by atoms with Crippen molar-refractivity contribution in [2.75, 3.05) is 0 Å². The number of hydrogen-bond donors (Lipinski definition) is 0. The van der Waals surface area contributed by atoms with Crippen molar-refractivity contribution in [3.8, 4) is 11.1 Å². The van der Waals surface area contributed by atoms with Crippen molar-refractivity contribution in [3.05, 3.63) is 129 Å². The van der Waals surface area contributed by atoms with E-state index in [-0.39, 0.29) is 5.41 Å². The lowest BCUT2D eigenvalue weighted by molar-refractivity contribution is 0.720. The lowest BCUT2D eigenvalue weighted by atomic mass is 9.61. The monoisotopic (exact) mass is 358 g/mol. The second-order valence-electron chi connectivity index (χ2n) is 8.34. The normalized spacial score (nSPS) is 14.9. The first-order valence-electron chi connectivity index (χ1n) is 10.1. The van der Waals surface area contributed by atoms with Gasteiger partial charge in [-0.2, -0.15) is 0 Å². The molecule has 0 aliphatic heterocycles. The predicted molar refractivity (Wildman–Crippen MR) is 116 cm³/mol. The summed E-state index contributed by atoms with van der Waals surface area (Å²) < 4.78 is 0. The summed E-state index contributed by atoms with van der Waals surface area (Å²) in [5.74, 6) is 0. The largest absolute Gasteiger partial charge is 0.0719 e. The molecule has 4 aromatic rings. The SMILES string of the molecule is Cc1ccc2c(c1)Cc1cc(C)ccc1C21c2ccccc2-c2ccccc21. The Kier molecular flexibility index (Phi) is 3.09. The number of rotatable bonds is 0. The minimum absolute atomic E-state index is 0.211. The standard InChI is InChI=1S/C28H22/c1-18-11-13-24-20(15-18)17-21-16-19(2)12-14-25(21)28(24)26-9-5-3-7-22(26)23-8-4-6-10-27(23)28/h3-16H,17H2,1-2H3. The van der Waals surface area contributed by atoms with Crippen molar-refractivity contribution >= 4 is 0 Å². The molecule has 0 aromatic heterocycles. The molecule has 0 fully saturated rings. The van der Waals surface area contributed by atoms with Crippen molar-refractivity contribution < 1.29 is 0 Å². The summed E-state index contributed by atoms with van der Waals surface area (Å²) in [4.78, 5) is 0. The van der Waals surface area contributed by atoms with Gasteiger partial charge in [0.05, 0.1) is 5.41 Å². The summed E-state index contributed by atoms with van der Waals surface area (Å²) in [6, 6.07) is 32.1. The predicted octanol–water partition coefficient (Wildman–Crippen LogP) is 6.57. The molecule has 0 N–H and O–H groups in total. The average molecular weight is 358 g/mol. The molecule has 0 saturated heterocycles. The highest BCUT2D eigenvalue weighted by atomic mass is 14.5. The van der Waals surface area contributed by atoms with Gasteiger partial charge in [0.15, 0.2) is 0 Å². The first-order chi connectivity index (χ1) is 13.7. The molecule has 4 aromatic carbocycles. The highest BCUT2D eigenvalue weighted by Crippen LogP contribution is 2.59. The lowest BCUT2D eigenvalue weighted by Gasteiger charge is -2.40. The molecule has 0 unspecified atom stereocenters. The van der Waals surface area contributed by atoms with Crippen molar-refractivity contribution in [1.29, 1.82) is 0 Å². The maximum Gasteiger partial charge on any atom is 0.0719 e. The van der Waals surface area contributed by atoms with Gasteiger partial charge in [0, 0.05) is 0 Å². The zero-order valence-corrected chi connectivity index (χ0v) is 16.3. The molecule has 0 nitrogen and oxygen atoms in total. The summed E-state index contributed by atoms with van der Waals surface area (Å²) in [7, 11) is 0. The molecular formula is C28H22. The second-order valence-corrected chi connectivity index (χ2v) is 8.34. The maximum atomic E-state index is 2.39. The summed E-state index contributed by atoms with van der Waals surface area (Å²) in [6.07, 6.45) is 1.01. The Bertz CT molecular complexity index is 1160. The number of benzene rings is 4. The topological polar surface area (TPSA) is 0 Å². The highest BCUT2D eigenvalue weighted by Gasteiger charge is 2.49. The van der Waals surface area contributed by atoms with Crippen molar-refractivity contribution in [2.45, 2.75) is 25.7 Å². The summed E-state index contributed by atoms with van der Waals surface area (Å²) in [6.45, 7) is 4.41. The van der Waals surface area contributed by atoms with Crippen molar-refractivity contribution in [1.82, 2.24) is 0 Å². The molecule has 0 bridgehead atoms. The van der Waals surface area contributed by atoms with Gasteiger partial charge in [-0.15, -0.1) is 0 Å². The van der Waals surface area contributed by atoms with E-state index in [1.165, 1.54) is 55.6 Å². The molecule has 6 rings (SSSR count). The molecule has 1 spiro atoms. The van der Waals surface area contributed by atoms with Gasteiger partial charge in [-0.05, 0) is 64.8 Å². The van der Waals surface area contributed by atoms with Crippen molar-refractivity contribution in [2.24, 2.45) is 0 Å². The van der Waals surface area contributed by atoms with Crippen LogP contribution >= 0.6 is 0 Å². The minimum Gasteiger partial charge on any atom is -0.0619 e. The van der Waals surface area contributed by atoms with E-state index in [0.717, 1.165) is 6.42 Å². The summed E-state index contributed by atoms with van der Waals surface area (Å²) in [5.41, 5.74) is 13.9. The van der Waals surface area contributed by atoms with Crippen LogP contribution in [0, 0.1) is 13.8 Å². The van der Waals surface area contributed by atoms with E-state index < -0.39 is 0 Å². The van der Waals surface area contributed by atoms with Crippen LogP contribution in [-0.2, 0) is 11.8 Å². The fraction of sp³-hybridized carbons (Fsp3) is 0.143. The zero-order chi connectivity index (χ0) is 18.9. The van der Waals surface area contributed by atoms with E-state index in [9.17, 15) is 0 Å². The summed E-state index contributed by atoms with van der Waals surface area (Å²) >= 11 is 0. The Balaban J connectivity index is 1.84. The third kappa shape index (κ3) is 1.85. The fourth-order valence-electron chi connectivity index (χ4n) is 5.63. The maximum absolute atomic E-state index is 2.39. The van der Waals surface area contributed by atoms with Gasteiger partial charge in [0.2, 0.25) is 0 Å². The molecule has 0 heterocycles. The van der Waals surface area contributed by atoms with E-state index in [1.54, 1.807) is 0 Å². The van der Waals surface area contributed by atoms with Gasteiger partial charge in [0.25, 0.3) is 0 Å². The lowest BCUT2D eigenvalue weighted by Crippen LogP contribution is -2.34. The van der Waals surface area contributed by atoms with Crippen LogP contribution in [0.2, 0.25) is 0 Å². The molecule has 0 heteroatoms. The molecule has 0 radical (unpaired) electrons. The van der Waals surface area contributed by atoms with Gasteiger partial charge in [0.1, 0.15) is 0 Å². The van der Waals surface area contributed by atoms with Crippen LogP contribution in [0.4, 0.5) is 0 Å². The number of aryl methyl sites for hydroxylation is 2. The van der Waals surface area contributed by atoms with E-state index in [0.29, 0.717) is 0 Å². The van der Waals surface area contributed by atoms with E-state index in [2.05, 4.69) is 98.8 Å². The van der Waals surface area contributed by atoms with Crippen LogP contribution in [0.1, 0.15) is 44.5 Å². The second kappa shape index (κ2) is 5.45. The highest BCUT2D eigenvalue weighted by molar-refractivity contribution is 5.87. The Morgan fingerprint density at radius 1 is 0.536 bits per heavy atom. The van der Waals surface area contributed by atoms with Crippen molar-refractivity contribution in [3.63, 3.8) is 0 Å². The number of fused-ring (bicyclic) bond motifs is 9. The number of hydrogen-bond acceptors (Lipinski definition) is 0. The van der Waals surface area contributed by atoms with Gasteiger partial charge in [-0.1, -0.05) is 96.1 Å². The average Bonchev–Trinajstić information content (AvgIpc) is 2.99. The Labute approximate surface area is 166 Å². The van der Waals surface area contributed by atoms with Gasteiger partial charge < -0.3 is 0 Å². The quantitative estimate of drug-likeness (QED) is 0.288. The summed E-state index contributed by atoms with van der Waals surface area (Å²) in [5, 5.41) is 0. The Morgan fingerprint density at radius 2 is 1.00 bits per heavy atom. The van der Waals surface area contributed by atoms with Crippen LogP contribution in [-0.4, -0.2) is 0 Å². The van der Waals surface area contributed by atoms with Crippen LogP contribution in [0.15, 0.2) is 84.9 Å². The van der Waals surface area contributed by atoms with Gasteiger partial charge in [-0.3, -0.25) is 0 Å². The van der Waals surface area contributed by atoms with E-state index in [1.807, 2.05) is 0 Å². The first kappa shape index (κ1) is 15.9. The van der Waals surface area contributed by atoms with Crippen LogP contribution in [0.5, 0.6) is 0 Å². The molecule has 2 aliphatic carbocycles. The Hall–Kier alpha value is -3.12. The molecule has 0 amide bonds. The van der Waals surface area contributed by atoms with Gasteiger partial charge >= 0.3 is 0 Å². The minimum atomic E-state index is -0.211. The molecule has 134 valence electrons. The zero-order valence-electron chi connectivity index (χ0n) is 16.3. The first-order valence-corrected chi connectivity index (χ1v) is 10.1. The third-order valence-electron chi connectivity index (χ3n) is 6.66. The fourth-order valence-corrected chi connectivity index (χ4v) is 5.63. The molecule has 0 saturated carbocycles. The van der Waals surface area contributed by atoms with Crippen LogP contribution in [0.25, 0.3) is 11.1 Å². The molecule has 28 heavy (non-hydrogen) atoms. The van der Waals surface area contributed by atoms with E-state index >= 15 is 0 Å². The van der Waals surface area contributed by atoms with Crippen LogP contribution < -0.4 is 0 Å².